The molecule has 4 nitrogen and oxygen atoms in total. The minimum atomic E-state index is -0.966. The minimum absolute atomic E-state index is 0.0680. The molecule has 114 valence electrons. The van der Waals surface area contributed by atoms with E-state index in [0.29, 0.717) is 0 Å². The zero-order valence-corrected chi connectivity index (χ0v) is 12.9. The first-order valence-electron chi connectivity index (χ1n) is 7.30. The average Bonchev–Trinajstić information content (AvgIpc) is 3.18. The lowest BCUT2D eigenvalue weighted by Gasteiger charge is -2.24. The smallest absolute Gasteiger partial charge is 0.335 e. The number of likely N-dealkylation sites (tertiary alicyclic amines) is 1. The fraction of sp³-hybridized carbons (Fsp3) is 0.294. The maximum atomic E-state index is 12.6. The van der Waals surface area contributed by atoms with Crippen LogP contribution in [0, 0.1) is 0 Å². The van der Waals surface area contributed by atoms with Crippen LogP contribution in [0.3, 0.4) is 0 Å². The molecule has 1 unspecified atom stereocenters. The largest absolute Gasteiger partial charge is 0.478 e. The van der Waals surface area contributed by atoms with Gasteiger partial charge in [0.05, 0.1) is 18.0 Å². The van der Waals surface area contributed by atoms with E-state index in [9.17, 15) is 9.59 Å². The Labute approximate surface area is 133 Å². The molecule has 1 aromatic heterocycles. The van der Waals surface area contributed by atoms with E-state index >= 15 is 0 Å². The van der Waals surface area contributed by atoms with Crippen LogP contribution in [0.5, 0.6) is 0 Å². The molecule has 1 fully saturated rings. The van der Waals surface area contributed by atoms with Gasteiger partial charge in [-0.2, -0.15) is 0 Å². The lowest BCUT2D eigenvalue weighted by molar-refractivity contribution is -0.131. The molecule has 1 aliphatic rings. The third-order valence-electron chi connectivity index (χ3n) is 3.97. The Balaban J connectivity index is 1.74. The maximum absolute atomic E-state index is 12.6. The molecule has 1 amide bonds. The summed E-state index contributed by atoms with van der Waals surface area (Å²) in [5, 5.41) is 11.1. The molecule has 5 heteroatoms. The van der Waals surface area contributed by atoms with Gasteiger partial charge in [-0.25, -0.2) is 4.79 Å². The minimum Gasteiger partial charge on any atom is -0.478 e. The third kappa shape index (κ3) is 3.04. The Morgan fingerprint density at radius 2 is 2.14 bits per heavy atom. The molecule has 1 atom stereocenters. The highest BCUT2D eigenvalue weighted by Gasteiger charge is 2.30. The van der Waals surface area contributed by atoms with Gasteiger partial charge in [0.15, 0.2) is 0 Å². The van der Waals surface area contributed by atoms with Crippen LogP contribution in [0.25, 0.3) is 0 Å². The van der Waals surface area contributed by atoms with Crippen LogP contribution in [0.4, 0.5) is 0 Å². The summed E-state index contributed by atoms with van der Waals surface area (Å²) in [7, 11) is 0. The Morgan fingerprint density at radius 3 is 2.86 bits per heavy atom. The molecule has 0 aliphatic carbocycles. The summed E-state index contributed by atoms with van der Waals surface area (Å²) in [6.45, 7) is 0.778. The standard InChI is InChI=1S/C17H17NO3S/c19-16(11-12-4-1-5-13(10-12)17(20)21)18-8-2-6-14(18)15-7-3-9-22-15/h1,3-5,7,9-10,14H,2,6,8,11H2,(H,20,21). The van der Waals surface area contributed by atoms with Crippen molar-refractivity contribution in [2.75, 3.05) is 6.54 Å². The second-order valence-corrected chi connectivity index (χ2v) is 6.42. The molecule has 2 aromatic rings. The molecule has 0 saturated carbocycles. The lowest BCUT2D eigenvalue weighted by atomic mass is 10.1. The number of amides is 1. The van der Waals surface area contributed by atoms with Gasteiger partial charge in [0.25, 0.3) is 0 Å². The van der Waals surface area contributed by atoms with Crippen LogP contribution in [0.1, 0.15) is 39.7 Å². The van der Waals surface area contributed by atoms with Crippen molar-refractivity contribution in [1.29, 1.82) is 0 Å². The van der Waals surface area contributed by atoms with E-state index in [1.165, 1.54) is 4.88 Å². The van der Waals surface area contributed by atoms with E-state index < -0.39 is 5.97 Å². The summed E-state index contributed by atoms with van der Waals surface area (Å²) >= 11 is 1.68. The zero-order chi connectivity index (χ0) is 15.5. The maximum Gasteiger partial charge on any atom is 0.335 e. The van der Waals surface area contributed by atoms with Crippen molar-refractivity contribution in [3.05, 3.63) is 57.8 Å². The van der Waals surface area contributed by atoms with Gasteiger partial charge in [-0.05, 0) is 42.0 Å². The summed E-state index contributed by atoms with van der Waals surface area (Å²) in [6, 6.07) is 10.9. The van der Waals surface area contributed by atoms with Crippen molar-refractivity contribution in [2.45, 2.75) is 25.3 Å². The SMILES string of the molecule is O=C(O)c1cccc(CC(=O)N2CCCC2c2cccs2)c1. The molecule has 1 aliphatic heterocycles. The summed E-state index contributed by atoms with van der Waals surface area (Å²) in [5.41, 5.74) is 0.975. The van der Waals surface area contributed by atoms with Gasteiger partial charge >= 0.3 is 5.97 Å². The Morgan fingerprint density at radius 1 is 1.27 bits per heavy atom. The highest BCUT2D eigenvalue weighted by Crippen LogP contribution is 2.34. The van der Waals surface area contributed by atoms with Gasteiger partial charge in [0.1, 0.15) is 0 Å². The third-order valence-corrected chi connectivity index (χ3v) is 4.95. The number of carbonyl (C=O) groups is 2. The Bertz CT molecular complexity index is 681. The predicted molar refractivity (Wildman–Crippen MR) is 85.1 cm³/mol. The van der Waals surface area contributed by atoms with Gasteiger partial charge in [-0.1, -0.05) is 18.2 Å². The Hall–Kier alpha value is -2.14. The normalized spacial score (nSPS) is 17.6. The highest BCUT2D eigenvalue weighted by molar-refractivity contribution is 7.10. The summed E-state index contributed by atoms with van der Waals surface area (Å²) in [6.07, 6.45) is 2.27. The Kier molecular flexibility index (Phi) is 4.24. The van der Waals surface area contributed by atoms with Crippen molar-refractivity contribution < 1.29 is 14.7 Å². The van der Waals surface area contributed by atoms with Gasteiger partial charge in [0, 0.05) is 11.4 Å². The number of benzene rings is 1. The number of hydrogen-bond acceptors (Lipinski definition) is 3. The second kappa shape index (κ2) is 6.32. The lowest BCUT2D eigenvalue weighted by Crippen LogP contribution is -2.31. The van der Waals surface area contributed by atoms with Crippen molar-refractivity contribution in [3.8, 4) is 0 Å². The van der Waals surface area contributed by atoms with E-state index in [-0.39, 0.29) is 23.9 Å². The zero-order valence-electron chi connectivity index (χ0n) is 12.1. The molecular formula is C17H17NO3S. The molecule has 2 heterocycles. The van der Waals surface area contributed by atoms with Crippen molar-refractivity contribution in [2.24, 2.45) is 0 Å². The monoisotopic (exact) mass is 315 g/mol. The van der Waals surface area contributed by atoms with E-state index in [2.05, 4.69) is 6.07 Å². The van der Waals surface area contributed by atoms with Crippen LogP contribution < -0.4 is 0 Å². The second-order valence-electron chi connectivity index (χ2n) is 5.44. The van der Waals surface area contributed by atoms with Crippen LogP contribution in [-0.4, -0.2) is 28.4 Å². The number of thiophene rings is 1. The first-order valence-corrected chi connectivity index (χ1v) is 8.18. The van der Waals surface area contributed by atoms with Crippen LogP contribution in [0.15, 0.2) is 41.8 Å². The number of aromatic carboxylic acids is 1. The molecule has 1 saturated heterocycles. The fourth-order valence-electron chi connectivity index (χ4n) is 2.93. The number of hydrogen-bond donors (Lipinski definition) is 1. The summed E-state index contributed by atoms with van der Waals surface area (Å²) < 4.78 is 0. The summed E-state index contributed by atoms with van der Waals surface area (Å²) in [4.78, 5) is 26.8. The van der Waals surface area contributed by atoms with Crippen LogP contribution >= 0.6 is 11.3 Å². The molecule has 3 rings (SSSR count). The van der Waals surface area contributed by atoms with Crippen molar-refractivity contribution >= 4 is 23.2 Å². The molecule has 0 spiro atoms. The van der Waals surface area contributed by atoms with Crippen molar-refractivity contribution in [1.82, 2.24) is 4.90 Å². The predicted octanol–water partition coefficient (Wildman–Crippen LogP) is 3.35. The quantitative estimate of drug-likeness (QED) is 0.941. The number of carbonyl (C=O) groups excluding carboxylic acids is 1. The number of carboxylic acids is 1. The van der Waals surface area contributed by atoms with Crippen molar-refractivity contribution in [3.63, 3.8) is 0 Å². The average molecular weight is 315 g/mol. The van der Waals surface area contributed by atoms with Crippen LogP contribution in [-0.2, 0) is 11.2 Å². The first-order chi connectivity index (χ1) is 10.6. The highest BCUT2D eigenvalue weighted by atomic mass is 32.1. The number of rotatable bonds is 4. The number of nitrogens with zero attached hydrogens (tertiary/aromatic N) is 1. The molecule has 1 aromatic carbocycles. The molecule has 1 N–H and O–H groups in total. The van der Waals surface area contributed by atoms with E-state index in [1.54, 1.807) is 35.6 Å². The van der Waals surface area contributed by atoms with Gasteiger partial charge in [0.2, 0.25) is 5.91 Å². The van der Waals surface area contributed by atoms with Gasteiger partial charge in [-0.15, -0.1) is 11.3 Å². The molecular weight excluding hydrogens is 298 g/mol. The van der Waals surface area contributed by atoms with E-state index in [0.717, 1.165) is 24.9 Å². The molecule has 0 radical (unpaired) electrons. The molecule has 0 bridgehead atoms. The first kappa shape index (κ1) is 14.8. The van der Waals surface area contributed by atoms with E-state index in [4.69, 9.17) is 5.11 Å². The van der Waals surface area contributed by atoms with Crippen LogP contribution in [0.2, 0.25) is 0 Å². The molecule has 22 heavy (non-hydrogen) atoms. The topological polar surface area (TPSA) is 57.6 Å². The summed E-state index contributed by atoms with van der Waals surface area (Å²) in [5.74, 6) is -0.898. The van der Waals surface area contributed by atoms with Gasteiger partial charge < -0.3 is 10.0 Å². The van der Waals surface area contributed by atoms with Gasteiger partial charge in [-0.3, -0.25) is 4.79 Å². The number of carboxylic acid groups (broad SMARTS) is 1. The fourth-order valence-corrected chi connectivity index (χ4v) is 3.81. The van der Waals surface area contributed by atoms with E-state index in [1.807, 2.05) is 16.3 Å².